The first kappa shape index (κ1) is 15.1. The number of fused-ring (bicyclic) bond motifs is 1. The largest absolute Gasteiger partial charge is 0.353 e. The molecule has 6 nitrogen and oxygen atoms in total. The fourth-order valence-corrected chi connectivity index (χ4v) is 3.25. The van der Waals surface area contributed by atoms with Crippen LogP contribution in [0.5, 0.6) is 0 Å². The molecule has 1 aromatic carbocycles. The molecule has 0 saturated carbocycles. The van der Waals surface area contributed by atoms with Crippen molar-refractivity contribution in [3.63, 3.8) is 0 Å². The summed E-state index contributed by atoms with van der Waals surface area (Å²) < 4.78 is 2.21. The number of nitrogens with one attached hydrogen (secondary N) is 1. The highest BCUT2D eigenvalue weighted by Crippen LogP contribution is 2.23. The molecule has 1 fully saturated rings. The average molecular weight is 322 g/mol. The smallest absolute Gasteiger partial charge is 0.204 e. The Labute approximate surface area is 141 Å². The molecule has 3 aromatic rings. The third-order valence-corrected chi connectivity index (χ3v) is 4.64. The number of aromatic nitrogens is 4. The molecule has 4 rings (SSSR count). The third-order valence-electron chi connectivity index (χ3n) is 4.64. The Balaban J connectivity index is 1.65. The lowest BCUT2D eigenvalue weighted by atomic mass is 10.1. The minimum absolute atomic E-state index is 0.471. The van der Waals surface area contributed by atoms with E-state index < -0.39 is 0 Å². The first-order chi connectivity index (χ1) is 11.8. The van der Waals surface area contributed by atoms with E-state index in [0.717, 1.165) is 48.6 Å². The van der Waals surface area contributed by atoms with E-state index in [1.165, 1.54) is 0 Å². The van der Waals surface area contributed by atoms with Crippen LogP contribution in [0, 0.1) is 0 Å². The molecule has 0 bridgehead atoms. The minimum atomic E-state index is 0.471. The van der Waals surface area contributed by atoms with Crippen molar-refractivity contribution in [1.29, 1.82) is 0 Å². The van der Waals surface area contributed by atoms with Crippen molar-refractivity contribution in [2.24, 2.45) is 0 Å². The topological polar surface area (TPSA) is 58.9 Å². The average Bonchev–Trinajstić information content (AvgIpc) is 2.95. The van der Waals surface area contributed by atoms with Gasteiger partial charge in [-0.1, -0.05) is 12.1 Å². The van der Waals surface area contributed by atoms with Gasteiger partial charge < -0.3 is 14.8 Å². The molecule has 124 valence electrons. The van der Waals surface area contributed by atoms with Crippen LogP contribution in [0.25, 0.3) is 11.0 Å². The molecule has 3 heterocycles. The summed E-state index contributed by atoms with van der Waals surface area (Å²) >= 11 is 0. The van der Waals surface area contributed by atoms with Gasteiger partial charge in [-0.2, -0.15) is 0 Å². The SMILES string of the molecule is CN1CCC(Nc2nc3ccccc3n2Cc2cnccn2)CC1. The highest BCUT2D eigenvalue weighted by molar-refractivity contribution is 5.78. The van der Waals surface area contributed by atoms with Crippen LogP contribution in [0.1, 0.15) is 18.5 Å². The van der Waals surface area contributed by atoms with Crippen LogP contribution in [0.4, 0.5) is 5.95 Å². The second-order valence-corrected chi connectivity index (χ2v) is 6.43. The molecule has 1 aliphatic rings. The predicted molar refractivity (Wildman–Crippen MR) is 95.0 cm³/mol. The van der Waals surface area contributed by atoms with Gasteiger partial charge in [-0.15, -0.1) is 0 Å². The Hall–Kier alpha value is -2.47. The maximum Gasteiger partial charge on any atom is 0.204 e. The van der Waals surface area contributed by atoms with Crippen LogP contribution < -0.4 is 5.32 Å². The van der Waals surface area contributed by atoms with Gasteiger partial charge in [-0.25, -0.2) is 4.98 Å². The molecule has 2 aromatic heterocycles. The third kappa shape index (κ3) is 3.10. The lowest BCUT2D eigenvalue weighted by Crippen LogP contribution is -2.37. The fourth-order valence-electron chi connectivity index (χ4n) is 3.25. The van der Waals surface area contributed by atoms with Gasteiger partial charge in [0.05, 0.1) is 29.5 Å². The number of anilines is 1. The number of para-hydroxylation sites is 2. The van der Waals surface area contributed by atoms with E-state index in [-0.39, 0.29) is 0 Å². The molecular weight excluding hydrogens is 300 g/mol. The van der Waals surface area contributed by atoms with Crippen LogP contribution in [-0.4, -0.2) is 50.6 Å². The lowest BCUT2D eigenvalue weighted by Gasteiger charge is -2.29. The molecule has 1 aliphatic heterocycles. The Bertz CT molecular complexity index is 805. The summed E-state index contributed by atoms with van der Waals surface area (Å²) in [6.07, 6.45) is 7.54. The van der Waals surface area contributed by atoms with E-state index in [4.69, 9.17) is 4.98 Å². The fraction of sp³-hybridized carbons (Fsp3) is 0.389. The molecular formula is C18H22N6. The summed E-state index contributed by atoms with van der Waals surface area (Å²) in [5.74, 6) is 0.927. The second kappa shape index (κ2) is 6.57. The van der Waals surface area contributed by atoms with E-state index in [1.54, 1.807) is 12.4 Å². The number of benzene rings is 1. The highest BCUT2D eigenvalue weighted by Gasteiger charge is 2.19. The van der Waals surface area contributed by atoms with E-state index in [2.05, 4.69) is 50.0 Å². The molecule has 1 N–H and O–H groups in total. The van der Waals surface area contributed by atoms with Gasteiger partial charge in [-0.3, -0.25) is 9.97 Å². The summed E-state index contributed by atoms with van der Waals surface area (Å²) in [6, 6.07) is 8.72. The molecule has 0 atom stereocenters. The Morgan fingerprint density at radius 1 is 1.17 bits per heavy atom. The number of hydrogen-bond donors (Lipinski definition) is 1. The van der Waals surface area contributed by atoms with Crippen LogP contribution >= 0.6 is 0 Å². The molecule has 0 spiro atoms. The normalized spacial score (nSPS) is 16.5. The van der Waals surface area contributed by atoms with Crippen molar-refractivity contribution < 1.29 is 0 Å². The van der Waals surface area contributed by atoms with Crippen LogP contribution in [0.2, 0.25) is 0 Å². The zero-order valence-corrected chi connectivity index (χ0v) is 13.9. The van der Waals surface area contributed by atoms with E-state index in [0.29, 0.717) is 12.6 Å². The number of nitrogens with zero attached hydrogens (tertiary/aromatic N) is 5. The van der Waals surface area contributed by atoms with Gasteiger partial charge in [0.1, 0.15) is 0 Å². The van der Waals surface area contributed by atoms with Crippen molar-refractivity contribution >= 4 is 17.0 Å². The standard InChI is InChI=1S/C18H22N6/c1-23-10-6-14(7-11-23)21-18-22-16-4-2-3-5-17(16)24(18)13-15-12-19-8-9-20-15/h2-5,8-9,12,14H,6-7,10-11,13H2,1H3,(H,21,22). The molecule has 0 unspecified atom stereocenters. The zero-order valence-electron chi connectivity index (χ0n) is 13.9. The Kier molecular flexibility index (Phi) is 4.13. The van der Waals surface area contributed by atoms with Gasteiger partial charge in [0.25, 0.3) is 0 Å². The first-order valence-corrected chi connectivity index (χ1v) is 8.45. The van der Waals surface area contributed by atoms with Crippen molar-refractivity contribution in [3.05, 3.63) is 48.5 Å². The van der Waals surface area contributed by atoms with Gasteiger partial charge in [0.15, 0.2) is 0 Å². The monoisotopic (exact) mass is 322 g/mol. The van der Waals surface area contributed by atoms with Crippen LogP contribution in [0.15, 0.2) is 42.9 Å². The summed E-state index contributed by atoms with van der Waals surface area (Å²) in [7, 11) is 2.18. The molecule has 6 heteroatoms. The van der Waals surface area contributed by atoms with E-state index in [1.807, 2.05) is 12.3 Å². The van der Waals surface area contributed by atoms with Gasteiger partial charge in [0.2, 0.25) is 5.95 Å². The quantitative estimate of drug-likeness (QED) is 0.799. The van der Waals surface area contributed by atoms with Crippen molar-refractivity contribution in [1.82, 2.24) is 24.4 Å². The summed E-state index contributed by atoms with van der Waals surface area (Å²) in [5, 5.41) is 3.66. The Morgan fingerprint density at radius 3 is 2.79 bits per heavy atom. The maximum atomic E-state index is 4.81. The van der Waals surface area contributed by atoms with E-state index in [9.17, 15) is 0 Å². The molecule has 0 radical (unpaired) electrons. The second-order valence-electron chi connectivity index (χ2n) is 6.43. The zero-order chi connectivity index (χ0) is 16.4. The van der Waals surface area contributed by atoms with Crippen LogP contribution in [-0.2, 0) is 6.54 Å². The summed E-state index contributed by atoms with van der Waals surface area (Å²) in [4.78, 5) is 15.8. The maximum absolute atomic E-state index is 4.81. The number of rotatable bonds is 4. The van der Waals surface area contributed by atoms with Gasteiger partial charge in [-0.05, 0) is 45.1 Å². The number of imidazole rings is 1. The summed E-state index contributed by atoms with van der Waals surface area (Å²) in [6.45, 7) is 2.92. The number of piperidine rings is 1. The predicted octanol–water partition coefficient (Wildman–Crippen LogP) is 2.38. The Morgan fingerprint density at radius 2 is 2.00 bits per heavy atom. The summed E-state index contributed by atoms with van der Waals surface area (Å²) in [5.41, 5.74) is 3.07. The number of likely N-dealkylation sites (tertiary alicyclic amines) is 1. The van der Waals surface area contributed by atoms with Crippen molar-refractivity contribution in [3.8, 4) is 0 Å². The molecule has 0 amide bonds. The minimum Gasteiger partial charge on any atom is -0.353 e. The van der Waals surface area contributed by atoms with Crippen molar-refractivity contribution in [2.45, 2.75) is 25.4 Å². The highest BCUT2D eigenvalue weighted by atomic mass is 15.2. The van der Waals surface area contributed by atoms with Crippen LogP contribution in [0.3, 0.4) is 0 Å². The molecule has 0 aliphatic carbocycles. The van der Waals surface area contributed by atoms with Gasteiger partial charge >= 0.3 is 0 Å². The lowest BCUT2D eigenvalue weighted by molar-refractivity contribution is 0.263. The van der Waals surface area contributed by atoms with Crippen molar-refractivity contribution in [2.75, 3.05) is 25.5 Å². The number of hydrogen-bond acceptors (Lipinski definition) is 5. The first-order valence-electron chi connectivity index (χ1n) is 8.45. The molecule has 24 heavy (non-hydrogen) atoms. The van der Waals surface area contributed by atoms with Gasteiger partial charge in [0, 0.05) is 18.4 Å². The van der Waals surface area contributed by atoms with E-state index >= 15 is 0 Å². The molecule has 1 saturated heterocycles.